The van der Waals surface area contributed by atoms with Gasteiger partial charge in [-0.1, -0.05) is 166 Å². The molecule has 5 heterocycles. The van der Waals surface area contributed by atoms with Gasteiger partial charge in [-0.3, -0.25) is 19.6 Å². The molecule has 50 heteroatoms. The number of ether oxygens (including phenoxy) is 5. The first kappa shape index (κ1) is 108. The highest BCUT2D eigenvalue weighted by Crippen LogP contribution is 2.44. The summed E-state index contributed by atoms with van der Waals surface area (Å²) in [6.07, 6.45) is -33.3. The third-order valence-electron chi connectivity index (χ3n) is 14.4. The van der Waals surface area contributed by atoms with Crippen LogP contribution in [0.5, 0.6) is 0 Å². The molecule has 0 aliphatic rings. The number of nitrogens with two attached hydrogens (primary N) is 1. The van der Waals surface area contributed by atoms with Crippen LogP contribution in [0.25, 0.3) is 0 Å². The second kappa shape index (κ2) is 46.4. The largest absolute Gasteiger partial charge is 0.476 e. The van der Waals surface area contributed by atoms with Crippen LogP contribution in [0.4, 0.5) is 92.2 Å². The number of esters is 3. The number of methoxy groups -OCH3 is 3. The highest BCUT2D eigenvalue weighted by Gasteiger charge is 2.61. The maximum Gasteiger partial charge on any atom is 0.424 e. The van der Waals surface area contributed by atoms with Crippen molar-refractivity contribution in [3.8, 4) is 0 Å². The predicted octanol–water partition coefficient (Wildman–Crippen LogP) is 21.4. The maximum absolute atomic E-state index is 14.1. The average Bonchev–Trinajstić information content (AvgIpc) is 0.791. The first-order valence-corrected chi connectivity index (χ1v) is 34.3. The van der Waals surface area contributed by atoms with Gasteiger partial charge in [0, 0.05) is 23.8 Å². The number of pyridine rings is 5. The van der Waals surface area contributed by atoms with Gasteiger partial charge in [0.2, 0.25) is 17.4 Å². The van der Waals surface area contributed by atoms with Gasteiger partial charge in [0.25, 0.3) is 0 Å². The van der Waals surface area contributed by atoms with Crippen LogP contribution in [0.2, 0.25) is 40.6 Å². The molecule has 0 spiro atoms. The number of carbonyl (C=O) groups is 7. The highest BCUT2D eigenvalue weighted by molar-refractivity contribution is 6.37. The van der Waals surface area contributed by atoms with E-state index in [1.165, 1.54) is 24.3 Å². The lowest BCUT2D eigenvalue weighted by Crippen LogP contribution is -2.56. The SMILES string of the molecule is C=CCCC(OCc1ccccc1)(C(=O)CCC(=O)c1nc(Cl)c(C(F)(F)F)cc1Cl)C(F)(F)F.C=CCCC(OCc1ccccc1)(C(=O)CN)C(F)(F)F.COC(=O)c1c(Cl)cc(C(F)(F)F)c[n+]1O.COC(=O)c1nc(Cl)c(C(F)(F)F)cc1Cl.COC(=O)c1ncc(C(F)(F)F)cc1Cl.Cl.O=C(O)c1nc(Cl)c(C(F)(F)F)cc1Cl. The molecule has 20 nitrogen and oxygen atoms in total. The lowest BCUT2D eigenvalue weighted by Gasteiger charge is -2.34. The number of carbonyl (C=O) groups excluding carboxylic acids is 6. The molecule has 7 rings (SSSR count). The summed E-state index contributed by atoms with van der Waals surface area (Å²) in [6.45, 7) is 5.18. The van der Waals surface area contributed by atoms with Crippen molar-refractivity contribution in [3.05, 3.63) is 237 Å². The van der Waals surface area contributed by atoms with E-state index in [1.807, 2.05) is 0 Å². The van der Waals surface area contributed by atoms with Crippen molar-refractivity contribution in [1.82, 2.24) is 19.9 Å². The number of rotatable bonds is 23. The lowest BCUT2D eigenvalue weighted by molar-refractivity contribution is -0.906. The van der Waals surface area contributed by atoms with Crippen molar-refractivity contribution in [2.75, 3.05) is 27.9 Å². The van der Waals surface area contributed by atoms with Gasteiger partial charge >= 0.3 is 72.8 Å². The molecule has 0 saturated carbocycles. The predicted molar refractivity (Wildman–Crippen MR) is 386 cm³/mol. The molecule has 0 bridgehead atoms. The van der Waals surface area contributed by atoms with E-state index in [-0.39, 0.29) is 42.3 Å². The van der Waals surface area contributed by atoms with Gasteiger partial charge in [0.15, 0.2) is 34.4 Å². The Bertz CT molecular complexity index is 4660. The molecule has 654 valence electrons. The number of aromatic nitrogens is 5. The number of hydrogen-bond donors (Lipinski definition) is 3. The summed E-state index contributed by atoms with van der Waals surface area (Å²) in [7, 11) is 3.14. The minimum atomic E-state index is -5.13. The van der Waals surface area contributed by atoms with E-state index in [0.717, 1.165) is 21.3 Å². The molecule has 7 aromatic rings. The molecule has 0 aliphatic carbocycles. The number of nitrogens with zero attached hydrogens (tertiary/aromatic N) is 5. The summed E-state index contributed by atoms with van der Waals surface area (Å²) in [5, 5.41) is 12.1. The fourth-order valence-corrected chi connectivity index (χ4v) is 10.6. The fraction of sp³-hybridized carbons (Fsp3) is 0.304. The van der Waals surface area contributed by atoms with Gasteiger partial charge in [-0.15, -0.1) is 25.6 Å². The molecular formula is C69H55Cl9F21N6O14+. The van der Waals surface area contributed by atoms with Crippen LogP contribution in [0, 0.1) is 0 Å². The van der Waals surface area contributed by atoms with Crippen molar-refractivity contribution >= 4 is 146 Å². The minimum absolute atomic E-state index is 0. The topological polar surface area (TPSA) is 288 Å². The molecule has 0 saturated heterocycles. The van der Waals surface area contributed by atoms with Gasteiger partial charge in [0.05, 0.1) is 83.4 Å². The van der Waals surface area contributed by atoms with Gasteiger partial charge in [-0.2, -0.15) is 92.2 Å². The lowest BCUT2D eigenvalue weighted by atomic mass is 9.88. The Hall–Kier alpha value is -8.62. The number of aromatic carboxylic acids is 1. The van der Waals surface area contributed by atoms with Crippen LogP contribution in [0.15, 0.2) is 129 Å². The first-order chi connectivity index (χ1) is 54.2. The standard InChI is InChI=1S/C23H19Cl2F6NO3.C15H18F3NO2.C8H4Cl2F3NO2.C8H6ClF3NO3.C8H5ClF3NO2.C7H2Cl2F3NO2.ClH/c1-2-3-11-21(23(29,30)31,35-13-14-7-5-4-6-8-14)18(34)10-9-17(33)19-16(24)12-15(20(25)32-19)22(26,27)28;1-2-3-9-14(13(20)10-19,15(16,17)18)21-11-12-7-5-4-6-8-12;1-16-7(15)5-4(9)2-3(6(10)14-5)8(11,12)13;1-16-7(14)6-5(9)2-4(3-13(6)15)8(10,11)12;1-15-7(14)6-5(9)2-4(3-13-6)8(10,11)12;8-3-1-2(7(10,11)12)5(9)13-4(3)6(14)15;/h2,4-8,12H,1,3,9-11,13H2;2,4-8H,1,3,9-11,19H2;2H,1H3;2-3,15H,1H3;2-3H,1H3;1H,(H,14,15);1H/q;;;+1;;;. The van der Waals surface area contributed by atoms with Crippen LogP contribution in [-0.4, -0.2) is 123 Å². The van der Waals surface area contributed by atoms with Gasteiger partial charge < -0.3 is 34.5 Å². The van der Waals surface area contributed by atoms with E-state index in [4.69, 9.17) is 118 Å². The molecule has 0 amide bonds. The third kappa shape index (κ3) is 31.7. The molecule has 0 fully saturated rings. The van der Waals surface area contributed by atoms with Gasteiger partial charge in [0.1, 0.15) is 31.7 Å². The van der Waals surface area contributed by atoms with E-state index >= 15 is 0 Å². The second-order valence-corrected chi connectivity index (χ2v) is 25.5. The maximum atomic E-state index is 14.1. The second-order valence-electron chi connectivity index (χ2n) is 22.4. The van der Waals surface area contributed by atoms with Crippen LogP contribution in [0.1, 0.15) is 130 Å². The Morgan fingerprint density at radius 2 is 0.807 bits per heavy atom. The van der Waals surface area contributed by atoms with E-state index in [0.29, 0.717) is 53.9 Å². The Balaban J connectivity index is 0.000000739. The van der Waals surface area contributed by atoms with Gasteiger partial charge in [-0.05, 0) is 67.1 Å². The number of carboxylic acid groups (broad SMARTS) is 1. The number of alkyl halides is 21. The summed E-state index contributed by atoms with van der Waals surface area (Å²) in [4.78, 5) is 93.5. The zero-order chi connectivity index (χ0) is 90.8. The molecule has 119 heavy (non-hydrogen) atoms. The number of benzene rings is 2. The number of halogens is 30. The van der Waals surface area contributed by atoms with Crippen LogP contribution >= 0.6 is 105 Å². The third-order valence-corrected chi connectivity index (χ3v) is 16.7. The van der Waals surface area contributed by atoms with E-state index < -0.39 is 226 Å². The molecule has 0 aliphatic heterocycles. The normalized spacial score (nSPS) is 12.5. The monoisotopic (exact) mass is 1910 g/mol. The van der Waals surface area contributed by atoms with E-state index in [2.05, 4.69) is 47.3 Å². The fourth-order valence-electron chi connectivity index (χ4n) is 8.64. The molecule has 4 N–H and O–H groups in total. The van der Waals surface area contributed by atoms with Crippen molar-refractivity contribution in [1.29, 1.82) is 0 Å². The van der Waals surface area contributed by atoms with E-state index in [9.17, 15) is 126 Å². The van der Waals surface area contributed by atoms with E-state index in [1.54, 1.807) is 48.5 Å². The zero-order valence-electron chi connectivity index (χ0n) is 59.7. The summed E-state index contributed by atoms with van der Waals surface area (Å²) in [5.74, 6) is -8.08. The average molecular weight is 1910 g/mol. The number of Topliss-reactive ketones (excluding diaryl/α,β-unsaturated/α-hetero) is 3. The molecule has 2 aromatic carbocycles. The van der Waals surface area contributed by atoms with Gasteiger partial charge in [-0.25, -0.2) is 39.1 Å². The summed E-state index contributed by atoms with van der Waals surface area (Å²) < 4.78 is 291. The van der Waals surface area contributed by atoms with Crippen molar-refractivity contribution in [2.45, 2.75) is 106 Å². The minimum Gasteiger partial charge on any atom is -0.476 e. The zero-order valence-corrected chi connectivity index (χ0v) is 66.6. The Kier molecular flexibility index (Phi) is 42.3. The first-order valence-electron chi connectivity index (χ1n) is 31.3. The summed E-state index contributed by atoms with van der Waals surface area (Å²) in [5.41, 5.74) is -8.84. The summed E-state index contributed by atoms with van der Waals surface area (Å²) in [6, 6.07) is 18.7. The number of hydrogen-bond acceptors (Lipinski definition) is 18. The molecule has 5 aromatic heterocycles. The molecule has 2 unspecified atom stereocenters. The smallest absolute Gasteiger partial charge is 0.424 e. The van der Waals surface area contributed by atoms with Crippen LogP contribution in [0.3, 0.4) is 0 Å². The van der Waals surface area contributed by atoms with Crippen LogP contribution < -0.4 is 10.5 Å². The number of carboxylic acids is 1. The van der Waals surface area contributed by atoms with Crippen molar-refractivity contribution in [2.24, 2.45) is 5.73 Å². The molecular weight excluding hydrogens is 1850 g/mol. The quantitative estimate of drug-likeness (QED) is 0.00784. The summed E-state index contributed by atoms with van der Waals surface area (Å²) >= 11 is 43.3. The molecule has 0 radical (unpaired) electrons. The highest BCUT2D eigenvalue weighted by atomic mass is 35.5. The van der Waals surface area contributed by atoms with Crippen molar-refractivity contribution < 1.29 is 164 Å². The Labute approximate surface area is 703 Å². The Morgan fingerprint density at radius 3 is 1.14 bits per heavy atom. The van der Waals surface area contributed by atoms with Crippen molar-refractivity contribution in [3.63, 3.8) is 0 Å². The number of ketones is 3. The molecule has 2 atom stereocenters. The Morgan fingerprint density at radius 1 is 0.462 bits per heavy atom. The number of allylic oxidation sites excluding steroid dienone is 2. The van der Waals surface area contributed by atoms with Crippen LogP contribution in [-0.2, 0) is 77.4 Å².